The van der Waals surface area contributed by atoms with Crippen LogP contribution in [-0.2, 0) is 18.8 Å². The fourth-order valence-corrected chi connectivity index (χ4v) is 4.87. The van der Waals surface area contributed by atoms with Crippen LogP contribution < -0.4 is 0 Å². The first-order valence-electron chi connectivity index (χ1n) is 9.89. The standard InChI is InChI=1S/C22H25ClN4OS/c1-2-10-27-21(18-8-11-26(12-9-18)15-20-7-4-13-28-20)24-25-22(27)29-16-17-5-3-6-19(23)14-17/h2-7,13-14,18H,1,8-12,15-16H2. The Labute approximate surface area is 180 Å². The van der Waals surface area contributed by atoms with Crippen molar-refractivity contribution in [3.8, 4) is 0 Å². The van der Waals surface area contributed by atoms with Crippen molar-refractivity contribution in [2.75, 3.05) is 13.1 Å². The summed E-state index contributed by atoms with van der Waals surface area (Å²) in [5, 5.41) is 10.8. The molecule has 0 amide bonds. The first-order chi connectivity index (χ1) is 14.2. The normalized spacial score (nSPS) is 15.6. The van der Waals surface area contributed by atoms with Gasteiger partial charge in [-0.2, -0.15) is 0 Å². The van der Waals surface area contributed by atoms with Gasteiger partial charge in [-0.3, -0.25) is 4.90 Å². The minimum absolute atomic E-state index is 0.427. The summed E-state index contributed by atoms with van der Waals surface area (Å²) in [5.74, 6) is 3.35. The number of piperidine rings is 1. The lowest BCUT2D eigenvalue weighted by atomic mass is 9.96. The third-order valence-electron chi connectivity index (χ3n) is 5.23. The van der Waals surface area contributed by atoms with Crippen molar-refractivity contribution in [1.29, 1.82) is 0 Å². The van der Waals surface area contributed by atoms with Crippen LogP contribution in [-0.4, -0.2) is 32.8 Å². The second kappa shape index (κ2) is 9.65. The highest BCUT2D eigenvalue weighted by atomic mass is 35.5. The van der Waals surface area contributed by atoms with Crippen molar-refractivity contribution >= 4 is 23.4 Å². The van der Waals surface area contributed by atoms with Gasteiger partial charge >= 0.3 is 0 Å². The third kappa shape index (κ3) is 5.13. The van der Waals surface area contributed by atoms with Gasteiger partial charge in [0, 0.05) is 23.2 Å². The molecule has 152 valence electrons. The zero-order chi connectivity index (χ0) is 20.1. The second-order valence-electron chi connectivity index (χ2n) is 7.29. The van der Waals surface area contributed by atoms with E-state index in [4.69, 9.17) is 16.0 Å². The van der Waals surface area contributed by atoms with Gasteiger partial charge in [0.1, 0.15) is 11.6 Å². The highest BCUT2D eigenvalue weighted by Gasteiger charge is 2.26. The van der Waals surface area contributed by atoms with E-state index in [1.807, 2.05) is 36.4 Å². The fraction of sp³-hybridized carbons (Fsp3) is 0.364. The molecule has 0 saturated carbocycles. The predicted molar refractivity (Wildman–Crippen MR) is 117 cm³/mol. The van der Waals surface area contributed by atoms with Crippen LogP contribution in [0.2, 0.25) is 5.02 Å². The van der Waals surface area contributed by atoms with Crippen LogP contribution in [0.1, 0.15) is 35.9 Å². The van der Waals surface area contributed by atoms with E-state index in [-0.39, 0.29) is 0 Å². The van der Waals surface area contributed by atoms with Crippen molar-refractivity contribution in [1.82, 2.24) is 19.7 Å². The maximum Gasteiger partial charge on any atom is 0.191 e. The van der Waals surface area contributed by atoms with E-state index in [9.17, 15) is 0 Å². The van der Waals surface area contributed by atoms with E-state index >= 15 is 0 Å². The summed E-state index contributed by atoms with van der Waals surface area (Å²) in [6, 6.07) is 11.9. The molecule has 0 unspecified atom stereocenters. The van der Waals surface area contributed by atoms with Crippen molar-refractivity contribution in [3.63, 3.8) is 0 Å². The molecule has 5 nitrogen and oxygen atoms in total. The first-order valence-corrected chi connectivity index (χ1v) is 11.2. The molecule has 0 aliphatic carbocycles. The average molecular weight is 429 g/mol. The lowest BCUT2D eigenvalue weighted by Crippen LogP contribution is -2.33. The maximum absolute atomic E-state index is 6.10. The van der Waals surface area contributed by atoms with Crippen LogP contribution in [0.3, 0.4) is 0 Å². The van der Waals surface area contributed by atoms with Crippen LogP contribution in [0.25, 0.3) is 0 Å². The summed E-state index contributed by atoms with van der Waals surface area (Å²) in [6.45, 7) is 7.61. The second-order valence-corrected chi connectivity index (χ2v) is 8.67. The summed E-state index contributed by atoms with van der Waals surface area (Å²) in [5.41, 5.74) is 1.18. The number of likely N-dealkylation sites (tertiary alicyclic amines) is 1. The summed E-state index contributed by atoms with van der Waals surface area (Å²) >= 11 is 7.80. The number of aromatic nitrogens is 3. The van der Waals surface area contributed by atoms with Gasteiger partial charge in [0.25, 0.3) is 0 Å². The molecule has 2 aromatic heterocycles. The summed E-state index contributed by atoms with van der Waals surface area (Å²) in [4.78, 5) is 2.44. The van der Waals surface area contributed by atoms with Crippen LogP contribution in [0.4, 0.5) is 0 Å². The van der Waals surface area contributed by atoms with E-state index < -0.39 is 0 Å². The highest BCUT2D eigenvalue weighted by Crippen LogP contribution is 2.31. The number of furan rings is 1. The summed E-state index contributed by atoms with van der Waals surface area (Å²) < 4.78 is 7.70. The van der Waals surface area contributed by atoms with Crippen LogP contribution in [0, 0.1) is 0 Å². The molecule has 29 heavy (non-hydrogen) atoms. The predicted octanol–water partition coefficient (Wildman–Crippen LogP) is 5.38. The van der Waals surface area contributed by atoms with E-state index in [0.717, 1.165) is 66.5 Å². The molecular formula is C22H25ClN4OS. The Hall–Kier alpha value is -2.02. The molecule has 1 aliphatic rings. The van der Waals surface area contributed by atoms with Gasteiger partial charge in [0.05, 0.1) is 12.8 Å². The van der Waals surface area contributed by atoms with Gasteiger partial charge in [-0.1, -0.05) is 41.6 Å². The van der Waals surface area contributed by atoms with E-state index in [2.05, 4.69) is 32.3 Å². The van der Waals surface area contributed by atoms with Crippen molar-refractivity contribution in [3.05, 3.63) is 77.5 Å². The minimum atomic E-state index is 0.427. The van der Waals surface area contributed by atoms with E-state index in [0.29, 0.717) is 5.92 Å². The lowest BCUT2D eigenvalue weighted by Gasteiger charge is -2.31. The number of hydrogen-bond donors (Lipinski definition) is 0. The molecule has 3 aromatic rings. The van der Waals surface area contributed by atoms with Gasteiger partial charge in [0.15, 0.2) is 5.16 Å². The molecule has 3 heterocycles. The Kier molecular flexibility index (Phi) is 6.74. The third-order valence-corrected chi connectivity index (χ3v) is 6.50. The fourth-order valence-electron chi connectivity index (χ4n) is 3.76. The van der Waals surface area contributed by atoms with Crippen LogP contribution in [0.15, 0.2) is 64.9 Å². The van der Waals surface area contributed by atoms with Crippen molar-refractivity contribution in [2.24, 2.45) is 0 Å². The zero-order valence-corrected chi connectivity index (χ0v) is 17.9. The van der Waals surface area contributed by atoms with Crippen molar-refractivity contribution < 1.29 is 4.42 Å². The largest absolute Gasteiger partial charge is 0.468 e. The Balaban J connectivity index is 1.40. The smallest absolute Gasteiger partial charge is 0.191 e. The summed E-state index contributed by atoms with van der Waals surface area (Å²) in [6.07, 6.45) is 5.81. The molecule has 0 radical (unpaired) electrons. The topological polar surface area (TPSA) is 47.1 Å². The molecule has 0 spiro atoms. The molecular weight excluding hydrogens is 404 g/mol. The number of rotatable bonds is 8. The highest BCUT2D eigenvalue weighted by molar-refractivity contribution is 7.98. The number of benzene rings is 1. The maximum atomic E-state index is 6.10. The van der Waals surface area contributed by atoms with E-state index in [1.165, 1.54) is 5.56 Å². The quantitative estimate of drug-likeness (QED) is 0.356. The zero-order valence-electron chi connectivity index (χ0n) is 16.3. The molecule has 7 heteroatoms. The van der Waals surface area contributed by atoms with Crippen LogP contribution >= 0.6 is 23.4 Å². The Morgan fingerprint density at radius 1 is 1.21 bits per heavy atom. The minimum Gasteiger partial charge on any atom is -0.468 e. The number of thioether (sulfide) groups is 1. The molecule has 1 saturated heterocycles. The molecule has 1 aliphatic heterocycles. The van der Waals surface area contributed by atoms with Gasteiger partial charge in [-0.15, -0.1) is 16.8 Å². The van der Waals surface area contributed by atoms with Crippen molar-refractivity contribution in [2.45, 2.75) is 42.8 Å². The molecule has 4 rings (SSSR count). The first kappa shape index (κ1) is 20.3. The SMILES string of the molecule is C=CCn1c(SCc2cccc(Cl)c2)nnc1C1CCN(Cc2ccco2)CC1. The number of allylic oxidation sites excluding steroid dienone is 1. The number of hydrogen-bond acceptors (Lipinski definition) is 5. The molecule has 1 fully saturated rings. The summed E-state index contributed by atoms with van der Waals surface area (Å²) in [7, 11) is 0. The molecule has 0 N–H and O–H groups in total. The van der Waals surface area contributed by atoms with Gasteiger partial charge < -0.3 is 8.98 Å². The lowest BCUT2D eigenvalue weighted by molar-refractivity contribution is 0.187. The molecule has 0 bridgehead atoms. The van der Waals surface area contributed by atoms with Gasteiger partial charge in [0.2, 0.25) is 0 Å². The Morgan fingerprint density at radius 2 is 2.07 bits per heavy atom. The average Bonchev–Trinajstić information content (AvgIpc) is 3.38. The molecule has 0 atom stereocenters. The number of nitrogens with zero attached hydrogens (tertiary/aromatic N) is 4. The number of halogens is 1. The Bertz CT molecular complexity index is 932. The van der Waals surface area contributed by atoms with E-state index in [1.54, 1.807) is 18.0 Å². The van der Waals surface area contributed by atoms with Gasteiger partial charge in [-0.05, 0) is 55.8 Å². The van der Waals surface area contributed by atoms with Gasteiger partial charge in [-0.25, -0.2) is 0 Å². The van der Waals surface area contributed by atoms with Crippen LogP contribution in [0.5, 0.6) is 0 Å². The molecule has 1 aromatic carbocycles. The Morgan fingerprint density at radius 3 is 2.79 bits per heavy atom. The monoisotopic (exact) mass is 428 g/mol.